The van der Waals surface area contributed by atoms with Crippen molar-refractivity contribution < 1.29 is 9.84 Å². The summed E-state index contributed by atoms with van der Waals surface area (Å²) in [7, 11) is 1.59. The van der Waals surface area contributed by atoms with Crippen LogP contribution in [0.3, 0.4) is 0 Å². The van der Waals surface area contributed by atoms with Crippen molar-refractivity contribution in [3.05, 3.63) is 59.6 Å². The molecule has 0 aliphatic carbocycles. The summed E-state index contributed by atoms with van der Waals surface area (Å²) in [6, 6.07) is 13.4. The van der Waals surface area contributed by atoms with Crippen LogP contribution >= 0.6 is 11.3 Å². The third kappa shape index (κ3) is 3.64. The number of hydrogen-bond acceptors (Lipinski definition) is 7. The third-order valence-electron chi connectivity index (χ3n) is 4.65. The number of nitrogen functional groups attached to an aromatic ring is 1. The molecule has 0 radical (unpaired) electrons. The van der Waals surface area contributed by atoms with Crippen molar-refractivity contribution in [1.29, 1.82) is 0 Å². The summed E-state index contributed by atoms with van der Waals surface area (Å²) in [6.07, 6.45) is 2.41. The monoisotopic (exact) mass is 404 g/mol. The van der Waals surface area contributed by atoms with Crippen LogP contribution in [0.4, 0.5) is 5.95 Å². The van der Waals surface area contributed by atoms with E-state index in [0.717, 1.165) is 28.2 Å². The first-order chi connectivity index (χ1) is 14.1. The van der Waals surface area contributed by atoms with Gasteiger partial charge >= 0.3 is 0 Å². The van der Waals surface area contributed by atoms with Gasteiger partial charge in [0.05, 0.1) is 24.1 Å². The number of thiazole rings is 1. The van der Waals surface area contributed by atoms with Gasteiger partial charge in [0.15, 0.2) is 0 Å². The molecule has 0 spiro atoms. The van der Waals surface area contributed by atoms with E-state index in [0.29, 0.717) is 22.6 Å². The van der Waals surface area contributed by atoms with Crippen molar-refractivity contribution in [2.45, 2.75) is 13.3 Å². The summed E-state index contributed by atoms with van der Waals surface area (Å²) in [5.74, 6) is 0.841. The minimum absolute atomic E-state index is 0.0678. The van der Waals surface area contributed by atoms with Gasteiger partial charge in [-0.1, -0.05) is 37.3 Å². The van der Waals surface area contributed by atoms with E-state index in [1.54, 1.807) is 19.4 Å². The predicted octanol–water partition coefficient (Wildman–Crippen LogP) is 4.79. The van der Waals surface area contributed by atoms with Crippen molar-refractivity contribution in [3.63, 3.8) is 0 Å². The summed E-state index contributed by atoms with van der Waals surface area (Å²) < 4.78 is 5.37. The summed E-state index contributed by atoms with van der Waals surface area (Å²) in [4.78, 5) is 13.3. The number of phenolic OH excluding ortho intramolecular Hbond substituents is 1. The van der Waals surface area contributed by atoms with Crippen LogP contribution in [-0.4, -0.2) is 27.2 Å². The molecule has 2 aromatic heterocycles. The molecule has 0 atom stereocenters. The van der Waals surface area contributed by atoms with Gasteiger partial charge in [0, 0.05) is 28.8 Å². The maximum atomic E-state index is 10.6. The number of benzene rings is 2. The molecule has 0 bridgehead atoms. The number of aryl methyl sites for hydroxylation is 1. The van der Waals surface area contributed by atoms with Gasteiger partial charge in [0.2, 0.25) is 5.95 Å². The average molecular weight is 404 g/mol. The zero-order valence-corrected chi connectivity index (χ0v) is 16.9. The lowest BCUT2D eigenvalue weighted by molar-refractivity contribution is 0.403. The van der Waals surface area contributed by atoms with Crippen LogP contribution in [-0.2, 0) is 6.42 Å². The van der Waals surface area contributed by atoms with Gasteiger partial charge in [0.1, 0.15) is 16.5 Å². The molecule has 4 aromatic rings. The highest BCUT2D eigenvalue weighted by molar-refractivity contribution is 7.13. The highest BCUT2D eigenvalue weighted by Crippen LogP contribution is 2.40. The van der Waals surface area contributed by atoms with Gasteiger partial charge in [-0.3, -0.25) is 0 Å². The van der Waals surface area contributed by atoms with Crippen LogP contribution in [0.5, 0.6) is 11.5 Å². The second kappa shape index (κ2) is 7.89. The maximum Gasteiger partial charge on any atom is 0.220 e. The first-order valence-electron chi connectivity index (χ1n) is 9.14. The smallest absolute Gasteiger partial charge is 0.220 e. The van der Waals surface area contributed by atoms with Gasteiger partial charge in [-0.15, -0.1) is 11.3 Å². The van der Waals surface area contributed by atoms with Crippen LogP contribution in [0.25, 0.3) is 33.1 Å². The molecule has 0 amide bonds. The van der Waals surface area contributed by atoms with E-state index in [1.165, 1.54) is 11.3 Å². The van der Waals surface area contributed by atoms with Crippen LogP contribution in [0, 0.1) is 0 Å². The van der Waals surface area contributed by atoms with E-state index in [4.69, 9.17) is 15.5 Å². The number of nitrogens with zero attached hydrogens (tertiary/aromatic N) is 3. The summed E-state index contributed by atoms with van der Waals surface area (Å²) >= 11 is 1.50. The number of ether oxygens (including phenoxy) is 1. The maximum absolute atomic E-state index is 10.6. The van der Waals surface area contributed by atoms with Gasteiger partial charge in [-0.2, -0.15) is 0 Å². The second-order valence-electron chi connectivity index (χ2n) is 6.43. The van der Waals surface area contributed by atoms with Crippen molar-refractivity contribution in [2.24, 2.45) is 0 Å². The summed E-state index contributed by atoms with van der Waals surface area (Å²) in [5, 5.41) is 13.4. The molecule has 4 rings (SSSR count). The zero-order valence-electron chi connectivity index (χ0n) is 16.1. The van der Waals surface area contributed by atoms with E-state index in [1.807, 2.05) is 48.7 Å². The molecule has 0 aliphatic rings. The normalized spacial score (nSPS) is 10.8. The quantitative estimate of drug-likeness (QED) is 0.496. The Balaban J connectivity index is 1.86. The Kier molecular flexibility index (Phi) is 5.14. The Morgan fingerprint density at radius 1 is 1.10 bits per heavy atom. The minimum atomic E-state index is 0.0678. The molecule has 146 valence electrons. The molecule has 0 unspecified atom stereocenters. The number of aromatic hydroxyl groups is 1. The molecule has 2 heterocycles. The van der Waals surface area contributed by atoms with Crippen molar-refractivity contribution in [2.75, 3.05) is 12.8 Å². The van der Waals surface area contributed by atoms with Crippen molar-refractivity contribution in [3.8, 4) is 44.6 Å². The number of nitrogens with two attached hydrogens (primary N) is 1. The highest BCUT2D eigenvalue weighted by atomic mass is 32.1. The first-order valence-corrected chi connectivity index (χ1v) is 10.0. The SMILES string of the molecule is CCc1cc(-c2nc(N)ncc2-c2nc(-c3ccccc3)cs2)c(O)cc1OC. The number of methoxy groups -OCH3 is 1. The Hall–Kier alpha value is -3.45. The second-order valence-corrected chi connectivity index (χ2v) is 7.29. The lowest BCUT2D eigenvalue weighted by Crippen LogP contribution is -2.00. The van der Waals surface area contributed by atoms with Gasteiger partial charge < -0.3 is 15.6 Å². The molecule has 29 heavy (non-hydrogen) atoms. The molecule has 0 fully saturated rings. The molecule has 7 heteroatoms. The molecule has 2 aromatic carbocycles. The van der Waals surface area contributed by atoms with Gasteiger partial charge in [0.25, 0.3) is 0 Å². The van der Waals surface area contributed by atoms with E-state index in [9.17, 15) is 5.11 Å². The highest BCUT2D eigenvalue weighted by Gasteiger charge is 2.19. The number of aromatic nitrogens is 3. The average Bonchev–Trinajstić information content (AvgIpc) is 3.24. The van der Waals surface area contributed by atoms with E-state index >= 15 is 0 Å². The Labute approximate surface area is 172 Å². The number of rotatable bonds is 5. The summed E-state index contributed by atoms with van der Waals surface area (Å²) in [6.45, 7) is 2.03. The fraction of sp³-hybridized carbons (Fsp3) is 0.136. The first kappa shape index (κ1) is 18.9. The molecule has 0 saturated heterocycles. The molecular formula is C22H20N4O2S. The molecule has 0 aliphatic heterocycles. The van der Waals surface area contributed by atoms with Crippen LogP contribution < -0.4 is 10.5 Å². The molecule has 6 nitrogen and oxygen atoms in total. The standard InChI is InChI=1S/C22H20N4O2S/c1-3-13-9-15(18(27)10-19(13)28-2)20-16(11-24-22(23)26-20)21-25-17(12-29-21)14-7-5-4-6-8-14/h4-12,27H,3H2,1-2H3,(H2,23,24,26). The number of hydrogen-bond donors (Lipinski definition) is 2. The molecule has 0 saturated carbocycles. The molecule has 3 N–H and O–H groups in total. The van der Waals surface area contributed by atoms with E-state index < -0.39 is 0 Å². The van der Waals surface area contributed by atoms with Crippen molar-refractivity contribution in [1.82, 2.24) is 15.0 Å². The Bertz CT molecular complexity index is 1160. The van der Waals surface area contributed by atoms with Crippen LogP contribution in [0.15, 0.2) is 54.0 Å². The lowest BCUT2D eigenvalue weighted by atomic mass is 10.0. The Morgan fingerprint density at radius 3 is 2.62 bits per heavy atom. The van der Waals surface area contributed by atoms with Crippen LogP contribution in [0.2, 0.25) is 0 Å². The zero-order chi connectivity index (χ0) is 20.4. The van der Waals surface area contributed by atoms with E-state index in [-0.39, 0.29) is 11.7 Å². The number of phenols is 1. The minimum Gasteiger partial charge on any atom is -0.507 e. The van der Waals surface area contributed by atoms with Crippen LogP contribution in [0.1, 0.15) is 12.5 Å². The topological polar surface area (TPSA) is 94.2 Å². The molecular weight excluding hydrogens is 384 g/mol. The largest absolute Gasteiger partial charge is 0.507 e. The number of anilines is 1. The van der Waals surface area contributed by atoms with Gasteiger partial charge in [-0.05, 0) is 18.1 Å². The lowest BCUT2D eigenvalue weighted by Gasteiger charge is -2.13. The fourth-order valence-electron chi connectivity index (χ4n) is 3.17. The van der Waals surface area contributed by atoms with Gasteiger partial charge in [-0.25, -0.2) is 15.0 Å². The summed E-state index contributed by atoms with van der Waals surface area (Å²) in [5.41, 5.74) is 10.6. The predicted molar refractivity (Wildman–Crippen MR) is 116 cm³/mol. The Morgan fingerprint density at radius 2 is 1.90 bits per heavy atom. The fourth-order valence-corrected chi connectivity index (χ4v) is 4.01. The van der Waals surface area contributed by atoms with Crippen molar-refractivity contribution >= 4 is 17.3 Å². The van der Waals surface area contributed by atoms with E-state index in [2.05, 4.69) is 9.97 Å². The third-order valence-corrected chi connectivity index (χ3v) is 5.52.